The molecule has 1 saturated heterocycles. The van der Waals surface area contributed by atoms with Crippen molar-refractivity contribution in [2.75, 3.05) is 13.2 Å². The molecule has 0 bridgehead atoms. The molecule has 0 spiro atoms. The minimum absolute atomic E-state index is 0.0486. The van der Waals surface area contributed by atoms with Crippen LogP contribution in [0.4, 0.5) is 0 Å². The number of hydrogen-bond donors (Lipinski definition) is 3. The second kappa shape index (κ2) is 61.9. The minimum atomic E-state index is -1.92. The van der Waals surface area contributed by atoms with Gasteiger partial charge >= 0.3 is 23.9 Å². The highest BCUT2D eigenvalue weighted by Gasteiger charge is 2.50. The van der Waals surface area contributed by atoms with Gasteiger partial charge < -0.3 is 39.0 Å². The Bertz CT molecular complexity index is 1880. The van der Waals surface area contributed by atoms with E-state index in [1.165, 1.54) is 141 Å². The normalized spacial score (nSPS) is 17.9. The Morgan fingerprint density at radius 1 is 0.391 bits per heavy atom. The van der Waals surface area contributed by atoms with Gasteiger partial charge in [-0.1, -0.05) is 272 Å². The van der Waals surface area contributed by atoms with Crippen LogP contribution in [0.5, 0.6) is 0 Å². The molecule has 6 atom stereocenters. The van der Waals surface area contributed by atoms with Crippen molar-refractivity contribution in [2.24, 2.45) is 0 Å². The second-order valence-electron chi connectivity index (χ2n) is 23.8. The molecule has 0 aromatic carbocycles. The van der Waals surface area contributed by atoms with E-state index in [1.807, 2.05) is 12.2 Å². The molecule has 0 aliphatic carbocycles. The van der Waals surface area contributed by atoms with Crippen molar-refractivity contribution in [3.8, 4) is 0 Å². The van der Waals surface area contributed by atoms with E-state index in [2.05, 4.69) is 106 Å². The molecule has 1 fully saturated rings. The van der Waals surface area contributed by atoms with E-state index < -0.39 is 67.3 Å². The van der Waals surface area contributed by atoms with Crippen LogP contribution in [-0.4, -0.2) is 89.2 Å². The van der Waals surface area contributed by atoms with Crippen LogP contribution >= 0.6 is 0 Å². The Morgan fingerprint density at radius 3 is 1.15 bits per heavy atom. The molecular formula is C75H126O12. The van der Waals surface area contributed by atoms with Gasteiger partial charge in [0.1, 0.15) is 18.8 Å². The fourth-order valence-electron chi connectivity index (χ4n) is 10.3. The summed E-state index contributed by atoms with van der Waals surface area (Å²) in [5.74, 6) is -3.22. The van der Waals surface area contributed by atoms with E-state index in [4.69, 9.17) is 23.7 Å². The number of ether oxygens (including phenoxy) is 5. The van der Waals surface area contributed by atoms with Crippen molar-refractivity contribution >= 4 is 23.9 Å². The van der Waals surface area contributed by atoms with Gasteiger partial charge in [-0.2, -0.15) is 0 Å². The second-order valence-corrected chi connectivity index (χ2v) is 23.8. The average molecular weight is 1220 g/mol. The van der Waals surface area contributed by atoms with Crippen molar-refractivity contribution in [3.63, 3.8) is 0 Å². The van der Waals surface area contributed by atoms with Gasteiger partial charge in [-0.25, -0.2) is 4.79 Å². The SMILES string of the molecule is CC/C=C\C/C=C\C/C=C\C/C=C\C/C=C\C/C=C\CCC(=O)OCC(COC1OC(C(=O)O)C(O)C(O)C1OC(=O)CCCCCCCCCCC/C=C\CCCCCCCC)OC(=O)CCCCCCCCCCC/C=C\CCCCCCCC. The molecule has 1 aliphatic heterocycles. The maximum atomic E-state index is 13.2. The lowest BCUT2D eigenvalue weighted by Crippen LogP contribution is -2.61. The van der Waals surface area contributed by atoms with E-state index in [9.17, 15) is 34.5 Å². The third-order valence-electron chi connectivity index (χ3n) is 15.6. The minimum Gasteiger partial charge on any atom is -0.479 e. The lowest BCUT2D eigenvalue weighted by atomic mass is 9.98. The van der Waals surface area contributed by atoms with E-state index in [0.717, 1.165) is 103 Å². The van der Waals surface area contributed by atoms with Gasteiger partial charge in [0.2, 0.25) is 0 Å². The number of hydrogen-bond acceptors (Lipinski definition) is 11. The smallest absolute Gasteiger partial charge is 0.335 e. The highest BCUT2D eigenvalue weighted by atomic mass is 16.7. The molecule has 1 rings (SSSR count). The highest BCUT2D eigenvalue weighted by Crippen LogP contribution is 2.27. The summed E-state index contributed by atoms with van der Waals surface area (Å²) < 4.78 is 28.5. The zero-order chi connectivity index (χ0) is 63.1. The summed E-state index contributed by atoms with van der Waals surface area (Å²) in [4.78, 5) is 51.5. The number of aliphatic hydroxyl groups is 2. The summed E-state index contributed by atoms with van der Waals surface area (Å²) >= 11 is 0. The first-order chi connectivity index (χ1) is 42.6. The number of carbonyl (C=O) groups excluding carboxylic acids is 3. The molecule has 0 aromatic rings. The molecule has 3 N–H and O–H groups in total. The van der Waals surface area contributed by atoms with Gasteiger partial charge in [-0.05, 0) is 109 Å². The van der Waals surface area contributed by atoms with Crippen LogP contribution in [0.25, 0.3) is 0 Å². The highest BCUT2D eigenvalue weighted by molar-refractivity contribution is 5.74. The van der Waals surface area contributed by atoms with Crippen LogP contribution in [0.1, 0.15) is 303 Å². The summed E-state index contributed by atoms with van der Waals surface area (Å²) in [6, 6.07) is 0. The Morgan fingerprint density at radius 2 is 0.747 bits per heavy atom. The molecule has 1 heterocycles. The Kier molecular flexibility index (Phi) is 57.3. The first kappa shape index (κ1) is 80.7. The van der Waals surface area contributed by atoms with E-state index in [-0.39, 0.29) is 25.9 Å². The Labute approximate surface area is 530 Å². The van der Waals surface area contributed by atoms with Crippen molar-refractivity contribution in [1.29, 1.82) is 0 Å². The summed E-state index contributed by atoms with van der Waals surface area (Å²) in [6.45, 7) is 5.85. The average Bonchev–Trinajstić information content (AvgIpc) is 2.56. The van der Waals surface area contributed by atoms with Gasteiger partial charge in [0, 0.05) is 19.3 Å². The predicted octanol–water partition coefficient (Wildman–Crippen LogP) is 19.6. The van der Waals surface area contributed by atoms with Crippen LogP contribution in [-0.2, 0) is 42.9 Å². The number of aliphatic carboxylic acids is 1. The van der Waals surface area contributed by atoms with E-state index in [1.54, 1.807) is 0 Å². The van der Waals surface area contributed by atoms with Gasteiger partial charge in [0.25, 0.3) is 0 Å². The number of carboxylic acid groups (broad SMARTS) is 1. The summed E-state index contributed by atoms with van der Waals surface area (Å²) in [5.41, 5.74) is 0. The standard InChI is InChI=1S/C75H126O12/c1-4-7-10-13-16-19-22-25-28-31-34-37-40-43-46-49-52-55-58-61-67(76)83-64-66(85-68(77)62-59-56-53-50-47-44-41-38-35-32-29-26-23-20-17-14-11-8-5-2)65-84-75-73(71(80)70(79)72(87-75)74(81)82)86-69(78)63-60-57-54-51-48-45-42-39-36-33-30-27-24-21-18-15-12-9-6-3/h7,10,16,19,25-30,34,37,43,46,52,55,66,70-73,75,79-80H,4-6,8-9,11-15,17-18,20-24,31-33,35-36,38-42,44-45,47-51,53-54,56-65H2,1-3H3,(H,81,82)/b10-7-,19-16-,28-25-,29-26-,30-27-,37-34-,46-43-,55-52-. The topological polar surface area (TPSA) is 175 Å². The molecule has 6 unspecified atom stereocenters. The van der Waals surface area contributed by atoms with E-state index >= 15 is 0 Å². The molecular weight excluding hydrogens is 1090 g/mol. The fourth-order valence-corrected chi connectivity index (χ4v) is 10.3. The Hall–Kier alpha value is -4.36. The third kappa shape index (κ3) is 51.1. The molecule has 12 nitrogen and oxygen atoms in total. The number of unbranched alkanes of at least 4 members (excludes halogenated alkanes) is 30. The van der Waals surface area contributed by atoms with Crippen LogP contribution in [0.15, 0.2) is 97.2 Å². The number of carboxylic acids is 1. The predicted molar refractivity (Wildman–Crippen MR) is 358 cm³/mol. The van der Waals surface area contributed by atoms with Crippen molar-refractivity contribution in [1.82, 2.24) is 0 Å². The molecule has 0 amide bonds. The quantitative estimate of drug-likeness (QED) is 0.0228. The molecule has 1 aliphatic rings. The maximum Gasteiger partial charge on any atom is 0.335 e. The van der Waals surface area contributed by atoms with Gasteiger partial charge in [-0.15, -0.1) is 0 Å². The molecule has 498 valence electrons. The molecule has 12 heteroatoms. The largest absolute Gasteiger partial charge is 0.479 e. The summed E-state index contributed by atoms with van der Waals surface area (Å²) in [7, 11) is 0. The molecule has 0 radical (unpaired) electrons. The van der Waals surface area contributed by atoms with Crippen LogP contribution in [0, 0.1) is 0 Å². The number of aliphatic hydroxyl groups excluding tert-OH is 2. The van der Waals surface area contributed by atoms with Gasteiger partial charge in [0.15, 0.2) is 24.6 Å². The Balaban J connectivity index is 2.68. The number of esters is 3. The number of carbonyl (C=O) groups is 4. The molecule has 87 heavy (non-hydrogen) atoms. The van der Waals surface area contributed by atoms with Crippen molar-refractivity contribution in [3.05, 3.63) is 97.2 Å². The third-order valence-corrected chi connectivity index (χ3v) is 15.6. The summed E-state index contributed by atoms with van der Waals surface area (Å²) in [6.07, 6.45) is 70.9. The number of rotatable bonds is 60. The van der Waals surface area contributed by atoms with Crippen LogP contribution < -0.4 is 0 Å². The zero-order valence-corrected chi connectivity index (χ0v) is 55.2. The first-order valence-electron chi connectivity index (χ1n) is 35.2. The monoisotopic (exact) mass is 1220 g/mol. The lowest BCUT2D eigenvalue weighted by molar-refractivity contribution is -0.301. The first-order valence-corrected chi connectivity index (χ1v) is 35.2. The maximum absolute atomic E-state index is 13.2. The molecule has 0 saturated carbocycles. The molecule has 0 aromatic heterocycles. The van der Waals surface area contributed by atoms with Crippen LogP contribution in [0.3, 0.4) is 0 Å². The van der Waals surface area contributed by atoms with Crippen molar-refractivity contribution < 1.29 is 58.2 Å². The van der Waals surface area contributed by atoms with E-state index in [0.29, 0.717) is 19.3 Å². The fraction of sp³-hybridized carbons (Fsp3) is 0.733. The van der Waals surface area contributed by atoms with Gasteiger partial charge in [0.05, 0.1) is 6.61 Å². The zero-order valence-electron chi connectivity index (χ0n) is 55.2. The van der Waals surface area contributed by atoms with Crippen LogP contribution in [0.2, 0.25) is 0 Å². The summed E-state index contributed by atoms with van der Waals surface area (Å²) in [5, 5.41) is 31.7. The van der Waals surface area contributed by atoms with Gasteiger partial charge in [-0.3, -0.25) is 14.4 Å². The lowest BCUT2D eigenvalue weighted by Gasteiger charge is -2.40. The van der Waals surface area contributed by atoms with Crippen molar-refractivity contribution in [2.45, 2.75) is 340 Å². The number of allylic oxidation sites excluding steroid dienone is 16.